The molecule has 184 valence electrons. The van der Waals surface area contributed by atoms with Gasteiger partial charge in [0.2, 0.25) is 0 Å². The first-order chi connectivity index (χ1) is 15.7. The van der Waals surface area contributed by atoms with E-state index in [1.807, 2.05) is 27.0 Å². The maximum atomic E-state index is 4.94. The van der Waals surface area contributed by atoms with Gasteiger partial charge in [0.1, 0.15) is 11.5 Å². The lowest BCUT2D eigenvalue weighted by atomic mass is 9.79. The molecule has 1 fully saturated rings. The molecule has 0 aromatic carbocycles. The third-order valence-corrected chi connectivity index (χ3v) is 6.68. The Labute approximate surface area is 205 Å². The molecule has 3 heterocycles. The summed E-state index contributed by atoms with van der Waals surface area (Å²) in [7, 11) is 2.15. The van der Waals surface area contributed by atoms with Crippen LogP contribution in [0.2, 0.25) is 0 Å². The number of fused-ring (bicyclic) bond motifs is 1. The van der Waals surface area contributed by atoms with E-state index < -0.39 is 0 Å². The summed E-state index contributed by atoms with van der Waals surface area (Å²) >= 11 is 0. The van der Waals surface area contributed by atoms with Gasteiger partial charge in [0, 0.05) is 47.8 Å². The molecular weight excluding hydrogens is 420 g/mol. The summed E-state index contributed by atoms with van der Waals surface area (Å²) in [6, 6.07) is 2.56. The minimum absolute atomic E-state index is 0.0857. The van der Waals surface area contributed by atoms with Crippen LogP contribution in [0, 0.1) is 13.8 Å². The van der Waals surface area contributed by atoms with Gasteiger partial charge in [-0.05, 0) is 92.9 Å². The van der Waals surface area contributed by atoms with Gasteiger partial charge in [0.15, 0.2) is 0 Å². The van der Waals surface area contributed by atoms with Crippen LogP contribution in [0.1, 0.15) is 78.1 Å². The number of nitrogens with zero attached hydrogens (tertiary/aromatic N) is 5. The Bertz CT molecular complexity index is 1160. The van der Waals surface area contributed by atoms with Gasteiger partial charge in [-0.1, -0.05) is 6.58 Å². The van der Waals surface area contributed by atoms with Crippen molar-refractivity contribution < 1.29 is 0 Å². The van der Waals surface area contributed by atoms with E-state index in [0.29, 0.717) is 6.04 Å². The fourth-order valence-electron chi connectivity index (χ4n) is 5.30. The second-order valence-electron chi connectivity index (χ2n) is 11.1. The first kappa shape index (κ1) is 25.9. The van der Waals surface area contributed by atoms with Gasteiger partial charge >= 0.3 is 0 Å². The third kappa shape index (κ3) is 5.84. The molecule has 6 heteroatoms. The lowest BCUT2D eigenvalue weighted by Crippen LogP contribution is -2.62. The number of allylic oxidation sites excluding steroid dienone is 2. The summed E-state index contributed by atoms with van der Waals surface area (Å²) in [5.41, 5.74) is 6.96. The van der Waals surface area contributed by atoms with E-state index in [0.717, 1.165) is 58.3 Å². The van der Waals surface area contributed by atoms with Crippen LogP contribution < -0.4 is 5.32 Å². The van der Waals surface area contributed by atoms with Crippen LogP contribution >= 0.6 is 0 Å². The fourth-order valence-corrected chi connectivity index (χ4v) is 5.30. The van der Waals surface area contributed by atoms with Gasteiger partial charge in [-0.3, -0.25) is 4.99 Å². The van der Waals surface area contributed by atoms with Gasteiger partial charge in [-0.2, -0.15) is 0 Å². The van der Waals surface area contributed by atoms with Crippen LogP contribution in [0.3, 0.4) is 0 Å². The Morgan fingerprint density at radius 1 is 1.12 bits per heavy atom. The number of aliphatic imine (C=N–C) groups is 2. The molecule has 0 spiro atoms. The van der Waals surface area contributed by atoms with E-state index in [-0.39, 0.29) is 11.1 Å². The minimum Gasteiger partial charge on any atom is -0.360 e. The largest absolute Gasteiger partial charge is 0.360 e. The van der Waals surface area contributed by atoms with Crippen LogP contribution in [0.15, 0.2) is 52.5 Å². The van der Waals surface area contributed by atoms with Crippen molar-refractivity contribution in [3.8, 4) is 0 Å². The molecule has 3 rings (SSSR count). The summed E-state index contributed by atoms with van der Waals surface area (Å²) < 4.78 is 2.08. The Kier molecular flexibility index (Phi) is 7.23. The number of rotatable bonds is 5. The highest BCUT2D eigenvalue weighted by Crippen LogP contribution is 2.31. The van der Waals surface area contributed by atoms with Gasteiger partial charge in [0.05, 0.1) is 17.1 Å². The molecule has 34 heavy (non-hydrogen) atoms. The molecule has 0 saturated carbocycles. The quantitative estimate of drug-likeness (QED) is 0.345. The number of pyridine rings is 1. The molecule has 0 amide bonds. The Morgan fingerprint density at radius 3 is 2.32 bits per heavy atom. The number of nitrogens with one attached hydrogen (secondary N) is 1. The summed E-state index contributed by atoms with van der Waals surface area (Å²) in [5, 5.41) is 3.76. The van der Waals surface area contributed by atoms with Gasteiger partial charge in [-0.25, -0.2) is 9.98 Å². The highest BCUT2D eigenvalue weighted by molar-refractivity contribution is 5.99. The van der Waals surface area contributed by atoms with Crippen molar-refractivity contribution in [1.29, 1.82) is 0 Å². The lowest BCUT2D eigenvalue weighted by Gasteiger charge is -2.49. The Hall–Kier alpha value is -2.73. The van der Waals surface area contributed by atoms with Gasteiger partial charge < -0.3 is 14.6 Å². The van der Waals surface area contributed by atoms with Crippen LogP contribution in [-0.4, -0.2) is 50.0 Å². The fraction of sp³-hybridized carbons (Fsp3) is 0.536. The molecule has 2 aromatic rings. The van der Waals surface area contributed by atoms with Crippen LogP contribution in [0.5, 0.6) is 0 Å². The predicted octanol–water partition coefficient (Wildman–Crippen LogP) is 5.84. The van der Waals surface area contributed by atoms with Crippen LogP contribution in [-0.2, 0) is 0 Å². The van der Waals surface area contributed by atoms with E-state index in [4.69, 9.17) is 9.98 Å². The zero-order valence-electron chi connectivity index (χ0n) is 22.7. The highest BCUT2D eigenvalue weighted by Gasteiger charge is 2.39. The first-order valence-electron chi connectivity index (χ1n) is 12.1. The normalized spacial score (nSPS) is 19.8. The van der Waals surface area contributed by atoms with Crippen molar-refractivity contribution in [3.05, 3.63) is 59.3 Å². The lowest BCUT2D eigenvalue weighted by molar-refractivity contribution is 0.113. The first-order valence-corrected chi connectivity index (χ1v) is 12.1. The summed E-state index contributed by atoms with van der Waals surface area (Å²) in [6.07, 6.45) is 8.07. The molecule has 0 aliphatic carbocycles. The van der Waals surface area contributed by atoms with Crippen LogP contribution in [0.4, 0.5) is 0 Å². The Balaban J connectivity index is 1.89. The topological polar surface area (TPSA) is 57.3 Å². The van der Waals surface area contributed by atoms with Gasteiger partial charge in [0.25, 0.3) is 0 Å². The van der Waals surface area contributed by atoms with Crippen molar-refractivity contribution in [1.82, 2.24) is 19.6 Å². The number of hydrogen-bond acceptors (Lipinski definition) is 4. The summed E-state index contributed by atoms with van der Waals surface area (Å²) in [6.45, 7) is 23.4. The smallest absolute Gasteiger partial charge is 0.139 e. The molecule has 1 aliphatic rings. The predicted molar refractivity (Wildman–Crippen MR) is 145 cm³/mol. The molecule has 6 nitrogen and oxygen atoms in total. The van der Waals surface area contributed by atoms with E-state index in [1.165, 1.54) is 0 Å². The molecule has 0 radical (unpaired) electrons. The van der Waals surface area contributed by atoms with Crippen LogP contribution in [0.25, 0.3) is 5.65 Å². The number of piperidine rings is 1. The molecule has 0 atom stereocenters. The maximum Gasteiger partial charge on any atom is 0.139 e. The second kappa shape index (κ2) is 9.49. The van der Waals surface area contributed by atoms with Crippen molar-refractivity contribution in [2.45, 2.75) is 92.3 Å². The number of hydrogen-bond donors (Lipinski definition) is 1. The molecule has 1 N–H and O–H groups in total. The van der Waals surface area contributed by atoms with E-state index >= 15 is 0 Å². The SMILES string of the molecule is C=C/C(N=C(C)N(C)C1CC(C)(C)NC(C)(C)C1)=C(/C)N=C(C)c1cc(C)c2nc(C)cn2c1. The molecular formula is C28H42N6. The monoisotopic (exact) mass is 462 g/mol. The van der Waals surface area contributed by atoms with E-state index in [1.54, 1.807) is 6.08 Å². The Morgan fingerprint density at radius 2 is 1.74 bits per heavy atom. The summed E-state index contributed by atoms with van der Waals surface area (Å²) in [4.78, 5) is 16.8. The van der Waals surface area contributed by atoms with Crippen molar-refractivity contribution in [3.63, 3.8) is 0 Å². The molecule has 0 unspecified atom stereocenters. The standard InChI is InChI=1S/C28H42N6/c1-12-25(31-22(6)33(11)24-14-27(7,8)32-28(9,10)15-24)21(5)30-20(4)23-13-18(2)26-29-19(3)16-34(26)17-23/h12-13,16-17,24,32H,1,14-15H2,2-11H3/b25-21+,30-20?,31-22?. The zero-order chi connectivity index (χ0) is 25.4. The maximum absolute atomic E-state index is 4.94. The second-order valence-corrected chi connectivity index (χ2v) is 11.1. The number of aryl methyl sites for hydroxylation is 2. The number of amidine groups is 1. The van der Waals surface area contributed by atoms with E-state index in [2.05, 4.69) is 87.0 Å². The average molecular weight is 463 g/mol. The summed E-state index contributed by atoms with van der Waals surface area (Å²) in [5.74, 6) is 0.978. The molecule has 1 aliphatic heterocycles. The number of imidazole rings is 1. The minimum atomic E-state index is 0.0857. The van der Waals surface area contributed by atoms with Gasteiger partial charge in [-0.15, -0.1) is 0 Å². The highest BCUT2D eigenvalue weighted by atomic mass is 15.2. The third-order valence-electron chi connectivity index (χ3n) is 6.68. The number of aromatic nitrogens is 2. The molecule has 2 aromatic heterocycles. The molecule has 0 bridgehead atoms. The van der Waals surface area contributed by atoms with Crippen molar-refractivity contribution in [2.75, 3.05) is 7.05 Å². The molecule has 1 saturated heterocycles. The van der Waals surface area contributed by atoms with Crippen molar-refractivity contribution >= 4 is 17.2 Å². The average Bonchev–Trinajstić information content (AvgIpc) is 3.09. The van der Waals surface area contributed by atoms with E-state index in [9.17, 15) is 0 Å². The van der Waals surface area contributed by atoms with Crippen molar-refractivity contribution in [2.24, 2.45) is 9.98 Å². The zero-order valence-corrected chi connectivity index (χ0v) is 22.7.